The number of benzene rings is 2. The van der Waals surface area contributed by atoms with Crippen LogP contribution >= 0.6 is 0 Å². The van der Waals surface area contributed by atoms with Gasteiger partial charge in [-0.15, -0.1) is 0 Å². The van der Waals surface area contributed by atoms with Gasteiger partial charge in [0, 0.05) is 23.1 Å². The fourth-order valence-corrected chi connectivity index (χ4v) is 4.68. The molecule has 26 heavy (non-hydrogen) atoms. The minimum Gasteiger partial charge on any atom is -0.490 e. The maximum atomic E-state index is 13.2. The SMILES string of the molecule is O=S(=O)(c1ccc(F)cc1)c1ccc2[nH]ccc2c1OC[C@@H]1CCCN1. The van der Waals surface area contributed by atoms with Crippen molar-refractivity contribution < 1.29 is 17.5 Å². The van der Waals surface area contributed by atoms with E-state index < -0.39 is 15.7 Å². The number of aromatic amines is 1. The van der Waals surface area contributed by atoms with E-state index in [1.54, 1.807) is 18.3 Å². The van der Waals surface area contributed by atoms with Crippen LogP contribution in [0.5, 0.6) is 5.75 Å². The minimum atomic E-state index is -3.83. The van der Waals surface area contributed by atoms with Crippen molar-refractivity contribution in [3.63, 3.8) is 0 Å². The summed E-state index contributed by atoms with van der Waals surface area (Å²) in [5.41, 5.74) is 0.803. The number of halogens is 1. The van der Waals surface area contributed by atoms with E-state index in [4.69, 9.17) is 4.74 Å². The summed E-state index contributed by atoms with van der Waals surface area (Å²) in [6.45, 7) is 1.35. The Morgan fingerprint density at radius 1 is 1.12 bits per heavy atom. The summed E-state index contributed by atoms with van der Waals surface area (Å²) in [6, 6.07) is 10.1. The van der Waals surface area contributed by atoms with Gasteiger partial charge in [0.1, 0.15) is 23.1 Å². The van der Waals surface area contributed by atoms with Gasteiger partial charge in [-0.25, -0.2) is 12.8 Å². The van der Waals surface area contributed by atoms with E-state index >= 15 is 0 Å². The van der Waals surface area contributed by atoms with Gasteiger partial charge in [-0.05, 0) is 61.9 Å². The monoisotopic (exact) mass is 374 g/mol. The molecule has 1 fully saturated rings. The van der Waals surface area contributed by atoms with E-state index in [-0.39, 0.29) is 15.8 Å². The predicted octanol–water partition coefficient (Wildman–Crippen LogP) is 3.27. The Hall–Kier alpha value is -2.38. The van der Waals surface area contributed by atoms with Crippen LogP contribution < -0.4 is 10.1 Å². The molecule has 7 heteroatoms. The molecule has 0 saturated carbocycles. The lowest BCUT2D eigenvalue weighted by Gasteiger charge is -2.16. The van der Waals surface area contributed by atoms with Crippen LogP contribution in [0, 0.1) is 5.82 Å². The van der Waals surface area contributed by atoms with Crippen molar-refractivity contribution in [1.82, 2.24) is 10.3 Å². The fraction of sp³-hybridized carbons (Fsp3) is 0.263. The van der Waals surface area contributed by atoms with E-state index in [1.807, 2.05) is 0 Å². The van der Waals surface area contributed by atoms with E-state index in [0.717, 1.165) is 37.0 Å². The molecule has 5 nitrogen and oxygen atoms in total. The second-order valence-corrected chi connectivity index (χ2v) is 8.31. The Balaban J connectivity index is 1.78. The molecule has 2 heterocycles. The third kappa shape index (κ3) is 3.08. The van der Waals surface area contributed by atoms with Gasteiger partial charge in [0.2, 0.25) is 9.84 Å². The molecule has 136 valence electrons. The highest BCUT2D eigenvalue weighted by Crippen LogP contribution is 2.36. The zero-order valence-corrected chi connectivity index (χ0v) is 14.9. The van der Waals surface area contributed by atoms with E-state index in [0.29, 0.717) is 17.7 Å². The summed E-state index contributed by atoms with van der Waals surface area (Å²) >= 11 is 0. The lowest BCUT2D eigenvalue weighted by molar-refractivity contribution is 0.274. The summed E-state index contributed by atoms with van der Waals surface area (Å²) in [7, 11) is -3.83. The number of aromatic nitrogens is 1. The Morgan fingerprint density at radius 3 is 2.65 bits per heavy atom. The van der Waals surface area contributed by atoms with Gasteiger partial charge >= 0.3 is 0 Å². The Morgan fingerprint density at radius 2 is 1.92 bits per heavy atom. The number of sulfone groups is 1. The summed E-state index contributed by atoms with van der Waals surface area (Å²) in [6.07, 6.45) is 3.84. The topological polar surface area (TPSA) is 71.2 Å². The van der Waals surface area contributed by atoms with Crippen LogP contribution in [-0.4, -0.2) is 32.6 Å². The molecule has 0 spiro atoms. The highest BCUT2D eigenvalue weighted by molar-refractivity contribution is 7.91. The first kappa shape index (κ1) is 17.1. The summed E-state index contributed by atoms with van der Waals surface area (Å²) < 4.78 is 45.4. The van der Waals surface area contributed by atoms with Crippen LogP contribution in [0.2, 0.25) is 0 Å². The molecule has 1 atom stereocenters. The smallest absolute Gasteiger partial charge is 0.210 e. The van der Waals surface area contributed by atoms with Crippen molar-refractivity contribution >= 4 is 20.7 Å². The van der Waals surface area contributed by atoms with Gasteiger partial charge in [0.25, 0.3) is 0 Å². The average molecular weight is 374 g/mol. The van der Waals surface area contributed by atoms with Crippen LogP contribution in [0.15, 0.2) is 58.5 Å². The molecular weight excluding hydrogens is 355 g/mol. The second-order valence-electron chi connectivity index (χ2n) is 6.39. The Bertz CT molecular complexity index is 1020. The molecule has 0 unspecified atom stereocenters. The molecule has 4 rings (SSSR count). The molecule has 1 saturated heterocycles. The van der Waals surface area contributed by atoms with Crippen molar-refractivity contribution in [2.75, 3.05) is 13.2 Å². The van der Waals surface area contributed by atoms with Crippen molar-refractivity contribution in [2.24, 2.45) is 0 Å². The Labute approximate surface area is 151 Å². The van der Waals surface area contributed by atoms with Crippen LogP contribution in [0.25, 0.3) is 10.9 Å². The van der Waals surface area contributed by atoms with Crippen LogP contribution in [0.1, 0.15) is 12.8 Å². The van der Waals surface area contributed by atoms with Gasteiger partial charge in [-0.3, -0.25) is 0 Å². The molecule has 1 aromatic heterocycles. The number of rotatable bonds is 5. The number of hydrogen-bond donors (Lipinski definition) is 2. The normalized spacial score (nSPS) is 17.7. The summed E-state index contributed by atoms with van der Waals surface area (Å²) in [4.78, 5) is 3.21. The average Bonchev–Trinajstić information content (AvgIpc) is 3.31. The van der Waals surface area contributed by atoms with E-state index in [2.05, 4.69) is 10.3 Å². The van der Waals surface area contributed by atoms with Crippen LogP contribution in [0.4, 0.5) is 4.39 Å². The molecule has 2 aromatic carbocycles. The van der Waals surface area contributed by atoms with Crippen molar-refractivity contribution in [3.8, 4) is 5.75 Å². The largest absolute Gasteiger partial charge is 0.490 e. The van der Waals surface area contributed by atoms with Gasteiger partial charge in [-0.2, -0.15) is 0 Å². The second kappa shape index (κ2) is 6.74. The fourth-order valence-electron chi connectivity index (χ4n) is 3.27. The molecule has 0 amide bonds. The number of ether oxygens (including phenoxy) is 1. The third-order valence-corrected chi connectivity index (χ3v) is 6.45. The highest BCUT2D eigenvalue weighted by atomic mass is 32.2. The van der Waals surface area contributed by atoms with Crippen LogP contribution in [0.3, 0.4) is 0 Å². The number of H-pyrrole nitrogens is 1. The molecule has 0 aliphatic carbocycles. The minimum absolute atomic E-state index is 0.0395. The molecule has 0 radical (unpaired) electrons. The van der Waals surface area contributed by atoms with E-state index in [9.17, 15) is 12.8 Å². The first-order valence-corrected chi connectivity index (χ1v) is 10.0. The third-order valence-electron chi connectivity index (χ3n) is 4.65. The predicted molar refractivity (Wildman–Crippen MR) is 96.7 cm³/mol. The zero-order valence-electron chi connectivity index (χ0n) is 14.0. The van der Waals surface area contributed by atoms with Gasteiger partial charge in [0.15, 0.2) is 0 Å². The lowest BCUT2D eigenvalue weighted by atomic mass is 10.2. The van der Waals surface area contributed by atoms with Gasteiger partial charge < -0.3 is 15.0 Å². The molecular formula is C19H19FN2O3S. The number of fused-ring (bicyclic) bond motifs is 1. The maximum absolute atomic E-state index is 13.2. The summed E-state index contributed by atoms with van der Waals surface area (Å²) in [5, 5.41) is 4.05. The van der Waals surface area contributed by atoms with Gasteiger partial charge in [0.05, 0.1) is 4.90 Å². The van der Waals surface area contributed by atoms with Gasteiger partial charge in [-0.1, -0.05) is 0 Å². The molecule has 2 N–H and O–H groups in total. The quantitative estimate of drug-likeness (QED) is 0.673. The lowest BCUT2D eigenvalue weighted by Crippen LogP contribution is -2.28. The van der Waals surface area contributed by atoms with E-state index in [1.165, 1.54) is 18.2 Å². The highest BCUT2D eigenvalue weighted by Gasteiger charge is 2.25. The summed E-state index contributed by atoms with van der Waals surface area (Å²) in [5.74, 6) is -0.143. The molecule has 0 bridgehead atoms. The number of hydrogen-bond acceptors (Lipinski definition) is 4. The zero-order chi connectivity index (χ0) is 18.1. The number of nitrogens with one attached hydrogen (secondary N) is 2. The molecule has 1 aliphatic rings. The first-order chi connectivity index (χ1) is 12.6. The Kier molecular flexibility index (Phi) is 4.42. The standard InChI is InChI=1S/C19H19FN2O3S/c20-13-3-5-15(6-4-13)26(23,24)18-8-7-17-16(9-11-22-17)19(18)25-12-14-2-1-10-21-14/h3-9,11,14,21-22H,1-2,10,12H2/t14-/m0/s1. The van der Waals surface area contributed by atoms with Crippen molar-refractivity contribution in [1.29, 1.82) is 0 Å². The van der Waals surface area contributed by atoms with Crippen molar-refractivity contribution in [2.45, 2.75) is 28.7 Å². The molecule has 3 aromatic rings. The van der Waals surface area contributed by atoms with Crippen LogP contribution in [-0.2, 0) is 9.84 Å². The maximum Gasteiger partial charge on any atom is 0.210 e. The molecule has 1 aliphatic heterocycles. The van der Waals surface area contributed by atoms with Crippen molar-refractivity contribution in [3.05, 3.63) is 54.5 Å². The first-order valence-electron chi connectivity index (χ1n) is 8.52.